The number of hydrogen-bond acceptors (Lipinski definition) is 5. The number of rotatable bonds is 8. The predicted molar refractivity (Wildman–Crippen MR) is 116 cm³/mol. The molecule has 0 radical (unpaired) electrons. The average Bonchev–Trinajstić information content (AvgIpc) is 3.44. The highest BCUT2D eigenvalue weighted by atomic mass is 35.5. The summed E-state index contributed by atoms with van der Waals surface area (Å²) < 4.78 is 31.2. The number of nitrogens with one attached hydrogen (secondary N) is 1. The Kier molecular flexibility index (Phi) is 6.20. The van der Waals surface area contributed by atoms with E-state index in [0.717, 1.165) is 23.4 Å². The highest BCUT2D eigenvalue weighted by molar-refractivity contribution is 6.30. The lowest BCUT2D eigenvalue weighted by atomic mass is 9.86. The molecule has 10 heteroatoms. The van der Waals surface area contributed by atoms with E-state index in [1.54, 1.807) is 36.1 Å². The lowest BCUT2D eigenvalue weighted by molar-refractivity contribution is -0.0369. The van der Waals surface area contributed by atoms with Crippen molar-refractivity contribution in [2.24, 2.45) is 0 Å². The molecule has 0 bridgehead atoms. The summed E-state index contributed by atoms with van der Waals surface area (Å²) in [6.45, 7) is 2.10. The molecule has 166 valence electrons. The van der Waals surface area contributed by atoms with E-state index in [-0.39, 0.29) is 12.1 Å². The van der Waals surface area contributed by atoms with Crippen LogP contribution in [0.2, 0.25) is 5.02 Å². The Morgan fingerprint density at radius 2 is 1.94 bits per heavy atom. The monoisotopic (exact) mass is 458 g/mol. The van der Waals surface area contributed by atoms with Crippen molar-refractivity contribution in [2.45, 2.75) is 31.7 Å². The molecular weight excluding hydrogens is 438 g/mol. The average molecular weight is 459 g/mol. The largest absolute Gasteiger partial charge is 0.381 e. The van der Waals surface area contributed by atoms with Crippen LogP contribution in [-0.2, 0) is 18.7 Å². The van der Waals surface area contributed by atoms with Crippen LogP contribution in [-0.4, -0.2) is 29.7 Å². The summed E-state index contributed by atoms with van der Waals surface area (Å²) in [5, 5.41) is 24.0. The molecule has 0 aliphatic rings. The number of hydrogen-bond donors (Lipinski definition) is 2. The van der Waals surface area contributed by atoms with Gasteiger partial charge in [0, 0.05) is 40.6 Å². The third kappa shape index (κ3) is 4.63. The number of aliphatic hydroxyl groups is 1. The molecule has 32 heavy (non-hydrogen) atoms. The van der Waals surface area contributed by atoms with Crippen molar-refractivity contribution in [3.8, 4) is 0 Å². The molecule has 0 amide bonds. The van der Waals surface area contributed by atoms with Gasteiger partial charge in [-0.2, -0.15) is 10.2 Å². The highest BCUT2D eigenvalue weighted by Gasteiger charge is 2.40. The number of halogens is 3. The van der Waals surface area contributed by atoms with Crippen LogP contribution in [0.1, 0.15) is 24.1 Å². The van der Waals surface area contributed by atoms with Gasteiger partial charge in [0.2, 0.25) is 0 Å². The van der Waals surface area contributed by atoms with E-state index >= 15 is 0 Å². The molecule has 0 saturated heterocycles. The molecule has 2 aromatic carbocycles. The molecule has 0 fully saturated rings. The Labute approximate surface area is 188 Å². The van der Waals surface area contributed by atoms with Crippen LogP contribution >= 0.6 is 11.6 Å². The van der Waals surface area contributed by atoms with Crippen LogP contribution in [0.4, 0.5) is 14.5 Å². The first-order valence-electron chi connectivity index (χ1n) is 9.88. The van der Waals surface area contributed by atoms with Crippen LogP contribution < -0.4 is 5.32 Å². The number of nitrogens with zero attached hydrogens (tertiary/aromatic N) is 5. The van der Waals surface area contributed by atoms with Gasteiger partial charge in [-0.3, -0.25) is 4.68 Å². The van der Waals surface area contributed by atoms with Crippen molar-refractivity contribution in [3.63, 3.8) is 0 Å². The summed E-state index contributed by atoms with van der Waals surface area (Å²) in [4.78, 5) is 3.88. The fourth-order valence-electron chi connectivity index (χ4n) is 3.52. The quantitative estimate of drug-likeness (QED) is 0.414. The van der Waals surface area contributed by atoms with E-state index in [1.165, 1.54) is 23.4 Å². The molecule has 7 nitrogen and oxygen atoms in total. The van der Waals surface area contributed by atoms with E-state index in [1.807, 2.05) is 12.1 Å². The molecule has 2 N–H and O–H groups in total. The van der Waals surface area contributed by atoms with Crippen LogP contribution in [0.3, 0.4) is 0 Å². The van der Waals surface area contributed by atoms with Crippen LogP contribution in [0.5, 0.6) is 0 Å². The Morgan fingerprint density at radius 3 is 2.62 bits per heavy atom. The van der Waals surface area contributed by atoms with E-state index in [0.29, 0.717) is 11.6 Å². The lowest BCUT2D eigenvalue weighted by Crippen LogP contribution is -2.40. The van der Waals surface area contributed by atoms with Gasteiger partial charge in [0.15, 0.2) is 0 Å². The van der Waals surface area contributed by atoms with Crippen molar-refractivity contribution >= 4 is 17.3 Å². The molecule has 0 spiro atoms. The summed E-state index contributed by atoms with van der Waals surface area (Å²) in [5.74, 6) is -1.58. The maximum atomic E-state index is 14.7. The van der Waals surface area contributed by atoms with Crippen LogP contribution in [0.15, 0.2) is 67.5 Å². The van der Waals surface area contributed by atoms with Gasteiger partial charge in [-0.1, -0.05) is 17.7 Å². The van der Waals surface area contributed by atoms with Gasteiger partial charge in [-0.25, -0.2) is 18.4 Å². The van der Waals surface area contributed by atoms with Crippen LogP contribution in [0, 0.1) is 11.6 Å². The maximum Gasteiger partial charge on any atom is 0.137 e. The van der Waals surface area contributed by atoms with Gasteiger partial charge in [0.25, 0.3) is 0 Å². The van der Waals surface area contributed by atoms with E-state index in [2.05, 4.69) is 20.5 Å². The smallest absolute Gasteiger partial charge is 0.137 e. The van der Waals surface area contributed by atoms with Crippen molar-refractivity contribution < 1.29 is 13.9 Å². The van der Waals surface area contributed by atoms with E-state index < -0.39 is 23.3 Å². The molecule has 2 heterocycles. The Morgan fingerprint density at radius 1 is 1.16 bits per heavy atom. The van der Waals surface area contributed by atoms with Crippen LogP contribution in [0.25, 0.3) is 0 Å². The maximum absolute atomic E-state index is 14.7. The summed E-state index contributed by atoms with van der Waals surface area (Å²) >= 11 is 5.91. The fraction of sp³-hybridized carbons (Fsp3) is 0.227. The summed E-state index contributed by atoms with van der Waals surface area (Å²) in [5.41, 5.74) is -0.0859. The zero-order chi connectivity index (χ0) is 22.7. The number of anilines is 1. The molecule has 2 aromatic heterocycles. The fourth-order valence-corrected chi connectivity index (χ4v) is 3.64. The second-order valence-corrected chi connectivity index (χ2v) is 7.94. The summed E-state index contributed by atoms with van der Waals surface area (Å²) in [6.07, 6.45) is 6.17. The molecule has 4 rings (SSSR count). The first kappa shape index (κ1) is 21.9. The third-order valence-corrected chi connectivity index (χ3v) is 5.60. The minimum Gasteiger partial charge on any atom is -0.381 e. The van der Waals surface area contributed by atoms with Gasteiger partial charge in [0.05, 0.1) is 18.8 Å². The Balaban J connectivity index is 1.59. The second kappa shape index (κ2) is 9.05. The SMILES string of the molecule is C[C@@H](n1cc(CNc2ccc(Cl)cc2)cn1)[C@](O)(Cn1cncn1)c1ccc(F)cc1F. The Hall–Kier alpha value is -3.30. The minimum atomic E-state index is -1.78. The molecule has 2 atom stereocenters. The van der Waals surface area contributed by atoms with Gasteiger partial charge >= 0.3 is 0 Å². The molecule has 0 unspecified atom stereocenters. The molecule has 0 aliphatic carbocycles. The van der Waals surface area contributed by atoms with E-state index in [9.17, 15) is 13.9 Å². The zero-order valence-corrected chi connectivity index (χ0v) is 17.9. The third-order valence-electron chi connectivity index (χ3n) is 5.35. The standard InChI is InChI=1S/C22H21ClF2N6O/c1-15(31-11-16(10-28-31)9-27-19-5-2-17(23)3-6-19)22(32,12-30-14-26-13-29-30)20-7-4-18(24)8-21(20)25/h2-8,10-11,13-15,27,32H,9,12H2,1H3/t15-,22-/m1/s1. The van der Waals surface area contributed by atoms with Gasteiger partial charge in [-0.15, -0.1) is 0 Å². The first-order valence-corrected chi connectivity index (χ1v) is 10.3. The zero-order valence-electron chi connectivity index (χ0n) is 17.2. The van der Waals surface area contributed by atoms with Gasteiger partial charge < -0.3 is 10.4 Å². The number of aromatic nitrogens is 5. The van der Waals surface area contributed by atoms with Gasteiger partial charge in [-0.05, 0) is 37.3 Å². The topological polar surface area (TPSA) is 80.8 Å². The summed E-state index contributed by atoms with van der Waals surface area (Å²) in [6, 6.07) is 9.70. The first-order chi connectivity index (χ1) is 15.3. The normalized spacial score (nSPS) is 14.2. The highest BCUT2D eigenvalue weighted by Crippen LogP contribution is 2.36. The molecular formula is C22H21ClF2N6O. The molecule has 4 aromatic rings. The second-order valence-electron chi connectivity index (χ2n) is 7.51. The molecule has 0 aliphatic heterocycles. The van der Waals surface area contributed by atoms with Crippen molar-refractivity contribution in [1.82, 2.24) is 24.5 Å². The summed E-state index contributed by atoms with van der Waals surface area (Å²) in [7, 11) is 0. The predicted octanol–water partition coefficient (Wildman–Crippen LogP) is 4.17. The van der Waals surface area contributed by atoms with Crippen molar-refractivity contribution in [3.05, 3.63) is 95.3 Å². The lowest BCUT2D eigenvalue weighted by Gasteiger charge is -2.34. The van der Waals surface area contributed by atoms with E-state index in [4.69, 9.17) is 11.6 Å². The van der Waals surface area contributed by atoms with Crippen molar-refractivity contribution in [1.29, 1.82) is 0 Å². The molecule has 0 saturated carbocycles. The minimum absolute atomic E-state index is 0.0572. The number of benzene rings is 2. The Bertz CT molecular complexity index is 1180. The van der Waals surface area contributed by atoms with Gasteiger partial charge in [0.1, 0.15) is 29.9 Å². The van der Waals surface area contributed by atoms with Crippen molar-refractivity contribution in [2.75, 3.05) is 5.32 Å².